The summed E-state index contributed by atoms with van der Waals surface area (Å²) in [5.74, 6) is 1.32. The van der Waals surface area contributed by atoms with Crippen LogP contribution in [0.1, 0.15) is 112 Å². The Labute approximate surface area is 449 Å². The van der Waals surface area contributed by atoms with Gasteiger partial charge in [-0.3, -0.25) is 14.4 Å². The quantitative estimate of drug-likeness (QED) is 0.0461. The van der Waals surface area contributed by atoms with Crippen molar-refractivity contribution in [1.82, 2.24) is 40.5 Å². The standard InChI is InChI=1S/C36H49FN6O3S.C21H28N6O2/c1-23(2)33(31-19-32(40-46-31)42-17-13-26(14-18-42)20-41-15-5-7-29(37)21-41)36(45)43-16-6-8-30(43)35(44)39-24(3)27-9-11-28(12-10-27)34-25(4)38-22-47-34;22-17(16-5-1-2-6-19(16)28)11-18(21(23)24)27(13-15-4-3-8-25-15)12-14-7-9-26-20(29)10-14/h9-12,19,22-24,26,29-30,33H,5-8,13-18,20-21H2,1-4H3,(H,39,44);1-2,5-7,9-11,15,25,28H,3-4,8,12-13,22-24H2,(H,26,29)/b;17-11-. The number of para-hydroxylation sites is 1. The summed E-state index contributed by atoms with van der Waals surface area (Å²) >= 11 is 1.62. The van der Waals surface area contributed by atoms with E-state index in [2.05, 4.69) is 47.7 Å². The number of thiazole rings is 1. The van der Waals surface area contributed by atoms with Gasteiger partial charge in [-0.15, -0.1) is 11.3 Å². The van der Waals surface area contributed by atoms with Crippen molar-refractivity contribution in [2.24, 2.45) is 29.0 Å². The number of piperidine rings is 2. The van der Waals surface area contributed by atoms with Crippen molar-refractivity contribution in [3.05, 3.63) is 135 Å². The minimum absolute atomic E-state index is 0.0261. The Morgan fingerprint density at radius 1 is 0.974 bits per heavy atom. The van der Waals surface area contributed by atoms with Crippen LogP contribution in [-0.2, 0) is 16.1 Å². The Bertz CT molecular complexity index is 2830. The molecule has 408 valence electrons. The second-order valence-corrected chi connectivity index (χ2v) is 22.1. The Morgan fingerprint density at radius 2 is 1.74 bits per heavy atom. The van der Waals surface area contributed by atoms with E-state index in [1.165, 1.54) is 0 Å². The van der Waals surface area contributed by atoms with Crippen LogP contribution in [-0.4, -0.2) is 117 Å². The summed E-state index contributed by atoms with van der Waals surface area (Å²) in [6, 6.07) is 19.9. The molecule has 76 heavy (non-hydrogen) atoms. The summed E-state index contributed by atoms with van der Waals surface area (Å²) in [6.07, 6.45) is 9.87. The van der Waals surface area contributed by atoms with Crippen LogP contribution in [0.4, 0.5) is 10.2 Å². The van der Waals surface area contributed by atoms with Crippen LogP contribution >= 0.6 is 11.3 Å². The smallest absolute Gasteiger partial charge is 0.248 e. The molecule has 0 spiro atoms. The summed E-state index contributed by atoms with van der Waals surface area (Å²) in [4.78, 5) is 55.8. The van der Waals surface area contributed by atoms with Crippen molar-refractivity contribution < 1.29 is 23.6 Å². The highest BCUT2D eigenvalue weighted by Gasteiger charge is 2.41. The molecule has 5 atom stereocenters. The van der Waals surface area contributed by atoms with E-state index in [4.69, 9.17) is 21.7 Å². The minimum atomic E-state index is -0.689. The molecule has 2 aromatic carbocycles. The second-order valence-electron chi connectivity index (χ2n) is 21.2. The Hall–Kier alpha value is -6.70. The van der Waals surface area contributed by atoms with E-state index < -0.39 is 18.1 Å². The number of carbonyl (C=O) groups is 2. The van der Waals surface area contributed by atoms with Gasteiger partial charge in [0.25, 0.3) is 0 Å². The van der Waals surface area contributed by atoms with Crippen LogP contribution in [0, 0.1) is 18.8 Å². The van der Waals surface area contributed by atoms with Crippen molar-refractivity contribution in [1.29, 1.82) is 0 Å². The topological polar surface area (TPSA) is 241 Å². The van der Waals surface area contributed by atoms with Crippen molar-refractivity contribution in [3.63, 3.8) is 0 Å². The lowest BCUT2D eigenvalue weighted by atomic mass is 9.91. The lowest BCUT2D eigenvalue weighted by molar-refractivity contribution is -0.141. The molecule has 0 aliphatic carbocycles. The van der Waals surface area contributed by atoms with E-state index in [1.807, 2.05) is 62.4 Å². The number of rotatable bonds is 17. The molecule has 19 heteroatoms. The number of aromatic amines is 1. The summed E-state index contributed by atoms with van der Waals surface area (Å²) in [5, 5.41) is 21.1. The number of phenols is 1. The molecule has 5 aromatic rings. The first-order chi connectivity index (χ1) is 36.6. The molecular weight excluding hydrogens is 984 g/mol. The van der Waals surface area contributed by atoms with Gasteiger partial charge < -0.3 is 62.0 Å². The number of hydrogen-bond donors (Lipinski definition) is 7. The van der Waals surface area contributed by atoms with E-state index in [1.54, 1.807) is 58.8 Å². The number of nitrogens with two attached hydrogens (primary N) is 3. The highest BCUT2D eigenvalue weighted by Crippen LogP contribution is 2.35. The lowest BCUT2D eigenvalue weighted by Crippen LogP contribution is -2.48. The number of allylic oxidation sites excluding steroid dienone is 1. The molecule has 3 aromatic heterocycles. The number of carbonyl (C=O) groups excluding carboxylic acids is 2. The van der Waals surface area contributed by atoms with Gasteiger partial charge in [0.1, 0.15) is 29.7 Å². The first-order valence-corrected chi connectivity index (χ1v) is 27.9. The number of likely N-dealkylation sites (tertiary alicyclic amines) is 2. The van der Waals surface area contributed by atoms with E-state index in [-0.39, 0.29) is 46.9 Å². The second kappa shape index (κ2) is 25.9. The highest BCUT2D eigenvalue weighted by molar-refractivity contribution is 7.13. The molecule has 9 rings (SSSR count). The van der Waals surface area contributed by atoms with E-state index in [9.17, 15) is 23.9 Å². The molecule has 4 fully saturated rings. The van der Waals surface area contributed by atoms with Crippen LogP contribution in [0.2, 0.25) is 0 Å². The van der Waals surface area contributed by atoms with Crippen LogP contribution < -0.4 is 38.3 Å². The number of pyridine rings is 1. The summed E-state index contributed by atoms with van der Waals surface area (Å²) in [5.41, 5.74) is 25.4. The summed E-state index contributed by atoms with van der Waals surface area (Å²) in [7, 11) is 0. The maximum absolute atomic E-state index is 14.1. The monoisotopic (exact) mass is 1060 g/mol. The van der Waals surface area contributed by atoms with Crippen LogP contribution in [0.5, 0.6) is 5.75 Å². The van der Waals surface area contributed by atoms with Crippen LogP contribution in [0.3, 0.4) is 0 Å². The summed E-state index contributed by atoms with van der Waals surface area (Å²) in [6.45, 7) is 14.9. The average Bonchev–Trinajstić information content (AvgIpc) is 4.26. The third kappa shape index (κ3) is 14.2. The average molecular weight is 1060 g/mol. The fourth-order valence-corrected chi connectivity index (χ4v) is 11.9. The van der Waals surface area contributed by atoms with E-state index in [0.29, 0.717) is 67.7 Å². The molecule has 7 heterocycles. The zero-order chi connectivity index (χ0) is 53.9. The van der Waals surface area contributed by atoms with Crippen molar-refractivity contribution in [2.45, 2.75) is 116 Å². The number of amides is 2. The number of phenolic OH excluding ortho intramolecular Hbond substituents is 1. The Kier molecular flexibility index (Phi) is 18.9. The molecule has 4 aliphatic heterocycles. The van der Waals surface area contributed by atoms with Gasteiger partial charge >= 0.3 is 0 Å². The molecule has 10 N–H and O–H groups in total. The van der Waals surface area contributed by atoms with E-state index >= 15 is 0 Å². The zero-order valence-corrected chi connectivity index (χ0v) is 45.2. The number of halogens is 1. The molecule has 4 aliphatic rings. The predicted octanol–water partition coefficient (Wildman–Crippen LogP) is 7.09. The number of H-pyrrole nitrogens is 1. The van der Waals surface area contributed by atoms with Crippen LogP contribution in [0.15, 0.2) is 105 Å². The SMILES string of the molecule is Cc1ncsc1-c1ccc(C(C)NC(=O)C2CCCN2C(=O)C(c2cc(N3CCC(CN4CCCC(F)C4)CC3)no2)C(C)C)cc1.NC(N)=C(/C=C(\N)c1ccccc1O)N(Cc1cc[nH]c(=O)c1)CC1CCCN1. The third-order valence-corrected chi connectivity index (χ3v) is 16.2. The normalized spacial score (nSPS) is 20.2. The first kappa shape index (κ1) is 55.5. The lowest BCUT2D eigenvalue weighted by Gasteiger charge is -2.36. The van der Waals surface area contributed by atoms with Crippen molar-refractivity contribution in [2.75, 3.05) is 57.3 Å². The molecule has 17 nitrogen and oxygen atoms in total. The van der Waals surface area contributed by atoms with Crippen LogP contribution in [0.25, 0.3) is 16.1 Å². The molecule has 5 unspecified atom stereocenters. The fraction of sp³-hybridized carbons (Fsp3) is 0.491. The number of nitrogens with one attached hydrogen (secondary N) is 3. The predicted molar refractivity (Wildman–Crippen MR) is 297 cm³/mol. The van der Waals surface area contributed by atoms with Gasteiger partial charge in [-0.05, 0) is 131 Å². The minimum Gasteiger partial charge on any atom is -0.507 e. The number of nitrogens with zero attached hydrogens (tertiary/aromatic N) is 6. The molecule has 4 saturated heterocycles. The molecule has 0 bridgehead atoms. The largest absolute Gasteiger partial charge is 0.507 e. The number of aromatic nitrogens is 3. The molecule has 0 radical (unpaired) electrons. The van der Waals surface area contributed by atoms with Gasteiger partial charge in [0.05, 0.1) is 27.8 Å². The number of aryl methyl sites for hydroxylation is 1. The van der Waals surface area contributed by atoms with E-state index in [0.717, 1.165) is 104 Å². The molecule has 2 amide bonds. The number of alkyl halides is 1. The van der Waals surface area contributed by atoms with Gasteiger partial charge in [-0.25, -0.2) is 9.37 Å². The summed E-state index contributed by atoms with van der Waals surface area (Å²) < 4.78 is 19.7. The first-order valence-electron chi connectivity index (χ1n) is 27.0. The Balaban J connectivity index is 0.000000226. The third-order valence-electron chi connectivity index (χ3n) is 15.2. The molecular formula is C57H77FN12O5S. The Morgan fingerprint density at radius 3 is 2.41 bits per heavy atom. The van der Waals surface area contributed by atoms with Gasteiger partial charge in [-0.2, -0.15) is 0 Å². The van der Waals surface area contributed by atoms with Gasteiger partial charge in [0.15, 0.2) is 11.6 Å². The van der Waals surface area contributed by atoms with Crippen molar-refractivity contribution in [3.8, 4) is 16.2 Å². The van der Waals surface area contributed by atoms with Gasteiger partial charge in [0, 0.05) is 81.4 Å². The number of anilines is 1. The fourth-order valence-electron chi connectivity index (χ4n) is 11.1. The maximum atomic E-state index is 14.1. The van der Waals surface area contributed by atoms with Gasteiger partial charge in [-0.1, -0.05) is 55.4 Å². The van der Waals surface area contributed by atoms with Crippen molar-refractivity contribution >= 4 is 34.7 Å². The number of hydrogen-bond acceptors (Lipinski definition) is 15. The molecule has 0 saturated carbocycles. The zero-order valence-electron chi connectivity index (χ0n) is 44.4. The highest BCUT2D eigenvalue weighted by atomic mass is 32.1. The number of aromatic hydroxyl groups is 1. The van der Waals surface area contributed by atoms with Gasteiger partial charge in [0.2, 0.25) is 17.4 Å². The number of benzene rings is 2. The maximum Gasteiger partial charge on any atom is 0.248 e.